The van der Waals surface area contributed by atoms with Gasteiger partial charge < -0.3 is 14.8 Å². The van der Waals surface area contributed by atoms with E-state index in [-0.39, 0.29) is 0 Å². The molecular formula is C36H41Br3N2O2. The molecular weight excluding hydrogens is 732 g/mol. The average Bonchev–Trinajstić information content (AvgIpc) is 3.05. The lowest BCUT2D eigenvalue weighted by atomic mass is 10.1. The minimum absolute atomic E-state index is 0.302. The van der Waals surface area contributed by atoms with Crippen molar-refractivity contribution in [2.24, 2.45) is 0 Å². The van der Waals surface area contributed by atoms with E-state index >= 15 is 0 Å². The summed E-state index contributed by atoms with van der Waals surface area (Å²) in [6, 6.07) is 37.9. The van der Waals surface area contributed by atoms with Gasteiger partial charge in [0.25, 0.3) is 0 Å². The standard InChI is InChI=1S/C18H20BrNO.C11H15NO.C7H6Br2/c19-17-8-6-16(7-9-17)13-20-10-11-21-18(14-20)12-15-4-2-1-3-5-15;1-2-4-10(5-3-1)8-11-9-12-6-7-13-11;8-5-6-1-3-7(9)4-2-6/h1-9,18H,10-14H2;1-5,11-12H,6-9H2;1-4H,5H2. The summed E-state index contributed by atoms with van der Waals surface area (Å²) in [6.45, 7) is 6.67. The van der Waals surface area contributed by atoms with Crippen LogP contribution >= 0.6 is 47.8 Å². The fourth-order valence-electron chi connectivity index (χ4n) is 4.97. The second-order valence-electron chi connectivity index (χ2n) is 10.7. The number of nitrogens with zero attached hydrogens (tertiary/aromatic N) is 1. The fraction of sp³-hybridized carbons (Fsp3) is 0.333. The molecule has 2 atom stereocenters. The molecule has 43 heavy (non-hydrogen) atoms. The number of alkyl halides is 1. The second kappa shape index (κ2) is 19.5. The Kier molecular flexibility index (Phi) is 15.5. The highest BCUT2D eigenvalue weighted by Gasteiger charge is 2.20. The number of hydrogen-bond acceptors (Lipinski definition) is 4. The highest BCUT2D eigenvalue weighted by Crippen LogP contribution is 2.16. The molecule has 0 bridgehead atoms. The van der Waals surface area contributed by atoms with Gasteiger partial charge in [-0.2, -0.15) is 0 Å². The summed E-state index contributed by atoms with van der Waals surface area (Å²) in [4.78, 5) is 2.49. The zero-order valence-electron chi connectivity index (χ0n) is 24.5. The number of hydrogen-bond donors (Lipinski definition) is 1. The third kappa shape index (κ3) is 13.4. The van der Waals surface area contributed by atoms with Crippen LogP contribution in [0, 0.1) is 0 Å². The third-order valence-electron chi connectivity index (χ3n) is 7.23. The van der Waals surface area contributed by atoms with Gasteiger partial charge in [-0.3, -0.25) is 4.90 Å². The molecule has 0 spiro atoms. The molecule has 4 aromatic carbocycles. The Labute approximate surface area is 282 Å². The monoisotopic (exact) mass is 770 g/mol. The van der Waals surface area contributed by atoms with Crippen LogP contribution in [0.25, 0.3) is 0 Å². The van der Waals surface area contributed by atoms with Gasteiger partial charge in [0.15, 0.2) is 0 Å². The molecule has 0 aliphatic carbocycles. The number of nitrogens with one attached hydrogen (secondary N) is 1. The van der Waals surface area contributed by atoms with Crippen molar-refractivity contribution >= 4 is 47.8 Å². The zero-order chi connectivity index (χ0) is 30.1. The van der Waals surface area contributed by atoms with Crippen LogP contribution in [0.2, 0.25) is 0 Å². The van der Waals surface area contributed by atoms with Crippen molar-refractivity contribution in [2.75, 3.05) is 39.4 Å². The van der Waals surface area contributed by atoms with Crippen molar-refractivity contribution < 1.29 is 9.47 Å². The van der Waals surface area contributed by atoms with Gasteiger partial charge in [-0.25, -0.2) is 0 Å². The van der Waals surface area contributed by atoms with Crippen molar-refractivity contribution in [3.05, 3.63) is 140 Å². The highest BCUT2D eigenvalue weighted by atomic mass is 79.9. The van der Waals surface area contributed by atoms with Crippen LogP contribution in [0.4, 0.5) is 0 Å². The topological polar surface area (TPSA) is 33.7 Å². The molecule has 2 aliphatic heterocycles. The summed E-state index contributed by atoms with van der Waals surface area (Å²) in [6.07, 6.45) is 2.68. The van der Waals surface area contributed by atoms with E-state index in [1.807, 2.05) is 18.2 Å². The molecule has 4 nitrogen and oxygen atoms in total. The molecule has 0 radical (unpaired) electrons. The lowest BCUT2D eigenvalue weighted by molar-refractivity contribution is -0.0304. The number of rotatable bonds is 7. The van der Waals surface area contributed by atoms with Crippen LogP contribution in [0.15, 0.2) is 118 Å². The van der Waals surface area contributed by atoms with Gasteiger partial charge in [0.2, 0.25) is 0 Å². The summed E-state index contributed by atoms with van der Waals surface area (Å²) in [5, 5.41) is 4.26. The SMILES string of the molecule is BrCc1ccc(Br)cc1.Brc1ccc(CN2CCOC(Cc3ccccc3)C2)cc1.c1ccc(CC2CNCCO2)cc1. The molecule has 0 aromatic heterocycles. The minimum atomic E-state index is 0.302. The lowest BCUT2D eigenvalue weighted by Crippen LogP contribution is -2.42. The molecule has 2 saturated heterocycles. The Morgan fingerprint density at radius 1 is 0.628 bits per heavy atom. The molecule has 4 aromatic rings. The molecule has 0 saturated carbocycles. The molecule has 228 valence electrons. The maximum Gasteiger partial charge on any atom is 0.0743 e. The minimum Gasteiger partial charge on any atom is -0.375 e. The Balaban J connectivity index is 0.000000163. The third-order valence-corrected chi connectivity index (χ3v) is 8.93. The predicted molar refractivity (Wildman–Crippen MR) is 189 cm³/mol. The van der Waals surface area contributed by atoms with Crippen molar-refractivity contribution in [1.29, 1.82) is 0 Å². The quantitative estimate of drug-likeness (QED) is 0.191. The maximum atomic E-state index is 5.92. The Morgan fingerprint density at radius 3 is 1.70 bits per heavy atom. The normalized spacial score (nSPS) is 18.5. The van der Waals surface area contributed by atoms with Crippen LogP contribution in [-0.4, -0.2) is 56.5 Å². The van der Waals surface area contributed by atoms with E-state index in [2.05, 4.69) is 149 Å². The average molecular weight is 773 g/mol. The van der Waals surface area contributed by atoms with Crippen molar-refractivity contribution in [1.82, 2.24) is 10.2 Å². The zero-order valence-corrected chi connectivity index (χ0v) is 29.3. The summed E-state index contributed by atoms with van der Waals surface area (Å²) >= 11 is 10.2. The molecule has 2 fully saturated rings. The molecule has 2 heterocycles. The van der Waals surface area contributed by atoms with E-state index < -0.39 is 0 Å². The number of morpholine rings is 2. The second-order valence-corrected chi connectivity index (χ2v) is 13.1. The van der Waals surface area contributed by atoms with Crippen LogP contribution < -0.4 is 5.32 Å². The summed E-state index contributed by atoms with van der Waals surface area (Å²) in [7, 11) is 0. The smallest absolute Gasteiger partial charge is 0.0743 e. The van der Waals surface area contributed by atoms with E-state index in [4.69, 9.17) is 9.47 Å². The van der Waals surface area contributed by atoms with E-state index in [1.54, 1.807) is 0 Å². The Morgan fingerprint density at radius 2 is 1.16 bits per heavy atom. The van der Waals surface area contributed by atoms with E-state index in [9.17, 15) is 0 Å². The van der Waals surface area contributed by atoms with Gasteiger partial charge in [0.1, 0.15) is 0 Å². The van der Waals surface area contributed by atoms with Gasteiger partial charge in [-0.05, 0) is 59.4 Å². The predicted octanol–water partition coefficient (Wildman–Crippen LogP) is 8.45. The molecule has 6 rings (SSSR count). The Hall–Kier alpha value is -1.84. The molecule has 7 heteroatoms. The van der Waals surface area contributed by atoms with Gasteiger partial charge in [-0.1, -0.05) is 133 Å². The summed E-state index contributed by atoms with van der Waals surface area (Å²) < 4.78 is 13.8. The first-order chi connectivity index (χ1) is 21.1. The van der Waals surface area contributed by atoms with Gasteiger partial charge >= 0.3 is 0 Å². The van der Waals surface area contributed by atoms with Gasteiger partial charge in [-0.15, -0.1) is 0 Å². The lowest BCUT2D eigenvalue weighted by Gasteiger charge is -2.33. The van der Waals surface area contributed by atoms with Crippen LogP contribution in [-0.2, 0) is 34.2 Å². The van der Waals surface area contributed by atoms with Crippen molar-refractivity contribution in [3.8, 4) is 0 Å². The summed E-state index contributed by atoms with van der Waals surface area (Å²) in [5.74, 6) is 0. The molecule has 0 amide bonds. The molecule has 2 aliphatic rings. The van der Waals surface area contributed by atoms with Crippen LogP contribution in [0.5, 0.6) is 0 Å². The van der Waals surface area contributed by atoms with E-state index in [0.717, 1.165) is 73.1 Å². The number of ether oxygens (including phenoxy) is 2. The first-order valence-corrected chi connectivity index (χ1v) is 17.6. The first kappa shape index (κ1) is 34.0. The number of benzene rings is 4. The summed E-state index contributed by atoms with van der Waals surface area (Å²) in [5.41, 5.74) is 5.38. The highest BCUT2D eigenvalue weighted by molar-refractivity contribution is 9.10. The van der Waals surface area contributed by atoms with Gasteiger partial charge in [0, 0.05) is 47.0 Å². The van der Waals surface area contributed by atoms with Crippen LogP contribution in [0.3, 0.4) is 0 Å². The largest absolute Gasteiger partial charge is 0.375 e. The number of halogens is 3. The first-order valence-electron chi connectivity index (χ1n) is 14.9. The maximum absolute atomic E-state index is 5.92. The van der Waals surface area contributed by atoms with Crippen LogP contribution in [0.1, 0.15) is 22.3 Å². The molecule has 1 N–H and O–H groups in total. The van der Waals surface area contributed by atoms with E-state index in [1.165, 1.54) is 22.3 Å². The van der Waals surface area contributed by atoms with E-state index in [0.29, 0.717) is 12.2 Å². The fourth-order valence-corrected chi connectivity index (χ4v) is 5.88. The molecule has 2 unspecified atom stereocenters. The van der Waals surface area contributed by atoms with Gasteiger partial charge in [0.05, 0.1) is 25.4 Å². The van der Waals surface area contributed by atoms with Crippen molar-refractivity contribution in [2.45, 2.75) is 36.9 Å². The van der Waals surface area contributed by atoms with Crippen molar-refractivity contribution in [3.63, 3.8) is 0 Å². The Bertz CT molecular complexity index is 1290.